The van der Waals surface area contributed by atoms with Gasteiger partial charge in [-0.1, -0.05) is 13.0 Å². The number of nitrogens with zero attached hydrogens (tertiary/aromatic N) is 2. The normalized spacial score (nSPS) is 14.9. The predicted molar refractivity (Wildman–Crippen MR) is 72.2 cm³/mol. The van der Waals surface area contributed by atoms with Crippen molar-refractivity contribution in [3.63, 3.8) is 0 Å². The van der Waals surface area contributed by atoms with Crippen LogP contribution in [-0.4, -0.2) is 25.1 Å². The van der Waals surface area contributed by atoms with E-state index in [2.05, 4.69) is 35.2 Å². The predicted octanol–water partition coefficient (Wildman–Crippen LogP) is 2.43. The van der Waals surface area contributed by atoms with Crippen molar-refractivity contribution in [3.8, 4) is 0 Å². The SMILES string of the molecule is CCCNCc1cccnc1N(C)CC1CC1. The smallest absolute Gasteiger partial charge is 0.132 e. The van der Waals surface area contributed by atoms with Gasteiger partial charge in [0.1, 0.15) is 5.82 Å². The van der Waals surface area contributed by atoms with E-state index in [4.69, 9.17) is 0 Å². The first kappa shape index (κ1) is 12.4. The van der Waals surface area contributed by atoms with Gasteiger partial charge in [0.15, 0.2) is 0 Å². The molecule has 0 unspecified atom stereocenters. The Morgan fingerprint density at radius 2 is 2.29 bits per heavy atom. The van der Waals surface area contributed by atoms with Crippen molar-refractivity contribution < 1.29 is 0 Å². The fourth-order valence-electron chi connectivity index (χ4n) is 2.09. The zero-order valence-corrected chi connectivity index (χ0v) is 10.9. The van der Waals surface area contributed by atoms with Crippen LogP contribution in [0.4, 0.5) is 5.82 Å². The third-order valence-corrected chi connectivity index (χ3v) is 3.20. The largest absolute Gasteiger partial charge is 0.359 e. The molecule has 94 valence electrons. The van der Waals surface area contributed by atoms with E-state index in [1.807, 2.05) is 12.3 Å². The van der Waals surface area contributed by atoms with Crippen molar-refractivity contribution in [2.75, 3.05) is 25.0 Å². The Bertz CT molecular complexity index is 347. The first-order chi connectivity index (χ1) is 8.31. The fraction of sp³-hybridized carbons (Fsp3) is 0.643. The summed E-state index contributed by atoms with van der Waals surface area (Å²) in [6.07, 6.45) is 5.84. The number of anilines is 1. The molecule has 1 fully saturated rings. The third-order valence-electron chi connectivity index (χ3n) is 3.20. The lowest BCUT2D eigenvalue weighted by Crippen LogP contribution is -2.24. The molecule has 0 amide bonds. The zero-order chi connectivity index (χ0) is 12.1. The summed E-state index contributed by atoms with van der Waals surface area (Å²) >= 11 is 0. The average Bonchev–Trinajstić information content (AvgIpc) is 3.14. The van der Waals surface area contributed by atoms with E-state index < -0.39 is 0 Å². The van der Waals surface area contributed by atoms with Crippen LogP contribution in [-0.2, 0) is 6.54 Å². The van der Waals surface area contributed by atoms with Crippen LogP contribution in [0.15, 0.2) is 18.3 Å². The Morgan fingerprint density at radius 1 is 1.47 bits per heavy atom. The summed E-state index contributed by atoms with van der Waals surface area (Å²) in [6, 6.07) is 4.20. The van der Waals surface area contributed by atoms with Gasteiger partial charge in [-0.25, -0.2) is 4.98 Å². The van der Waals surface area contributed by atoms with Crippen molar-refractivity contribution >= 4 is 5.82 Å². The summed E-state index contributed by atoms with van der Waals surface area (Å²) in [7, 11) is 2.16. The van der Waals surface area contributed by atoms with Crippen LogP contribution >= 0.6 is 0 Å². The molecule has 0 saturated heterocycles. The zero-order valence-electron chi connectivity index (χ0n) is 10.9. The highest BCUT2D eigenvalue weighted by Crippen LogP contribution is 2.31. The molecular formula is C14H23N3. The minimum Gasteiger partial charge on any atom is -0.359 e. The second-order valence-corrected chi connectivity index (χ2v) is 4.99. The number of pyridine rings is 1. The summed E-state index contributed by atoms with van der Waals surface area (Å²) in [6.45, 7) is 5.33. The van der Waals surface area contributed by atoms with Crippen molar-refractivity contribution in [2.45, 2.75) is 32.7 Å². The summed E-state index contributed by atoms with van der Waals surface area (Å²) in [5.41, 5.74) is 1.31. The molecule has 3 nitrogen and oxygen atoms in total. The van der Waals surface area contributed by atoms with Gasteiger partial charge in [-0.2, -0.15) is 0 Å². The standard InChI is InChI=1S/C14H23N3/c1-3-8-15-10-13-5-4-9-16-14(13)17(2)11-12-6-7-12/h4-5,9,12,15H,3,6-8,10-11H2,1-2H3. The maximum Gasteiger partial charge on any atom is 0.132 e. The summed E-state index contributed by atoms with van der Waals surface area (Å²) < 4.78 is 0. The van der Waals surface area contributed by atoms with Crippen LogP contribution in [0.3, 0.4) is 0 Å². The van der Waals surface area contributed by atoms with Crippen LogP contribution in [0.2, 0.25) is 0 Å². The Morgan fingerprint density at radius 3 is 3.00 bits per heavy atom. The van der Waals surface area contributed by atoms with Crippen molar-refractivity contribution in [3.05, 3.63) is 23.9 Å². The quantitative estimate of drug-likeness (QED) is 0.733. The van der Waals surface area contributed by atoms with Gasteiger partial charge in [0.2, 0.25) is 0 Å². The molecule has 2 rings (SSSR count). The van der Waals surface area contributed by atoms with E-state index in [-0.39, 0.29) is 0 Å². The Balaban J connectivity index is 1.97. The van der Waals surface area contributed by atoms with Crippen molar-refractivity contribution in [1.29, 1.82) is 0 Å². The highest BCUT2D eigenvalue weighted by molar-refractivity contribution is 5.46. The van der Waals surface area contributed by atoms with Crippen LogP contribution in [0.1, 0.15) is 31.7 Å². The minimum absolute atomic E-state index is 0.901. The molecule has 1 aromatic rings. The number of nitrogens with one attached hydrogen (secondary N) is 1. The van der Waals surface area contributed by atoms with Gasteiger partial charge < -0.3 is 10.2 Å². The number of hydrogen-bond acceptors (Lipinski definition) is 3. The second kappa shape index (κ2) is 6.01. The molecule has 1 heterocycles. The van der Waals surface area contributed by atoms with Crippen LogP contribution in [0.25, 0.3) is 0 Å². The molecule has 0 spiro atoms. The van der Waals surface area contributed by atoms with Crippen LogP contribution in [0.5, 0.6) is 0 Å². The van der Waals surface area contributed by atoms with Crippen molar-refractivity contribution in [2.24, 2.45) is 5.92 Å². The van der Waals surface area contributed by atoms with Gasteiger partial charge in [0.25, 0.3) is 0 Å². The Hall–Kier alpha value is -1.09. The molecule has 1 saturated carbocycles. The first-order valence-electron chi connectivity index (χ1n) is 6.67. The molecule has 0 aliphatic heterocycles. The topological polar surface area (TPSA) is 28.2 Å². The number of rotatable bonds is 7. The summed E-state index contributed by atoms with van der Waals surface area (Å²) in [4.78, 5) is 6.83. The lowest BCUT2D eigenvalue weighted by Gasteiger charge is -2.21. The van der Waals surface area contributed by atoms with Gasteiger partial charge in [0.05, 0.1) is 0 Å². The van der Waals surface area contributed by atoms with E-state index in [0.29, 0.717) is 0 Å². The Kier molecular flexibility index (Phi) is 4.37. The van der Waals surface area contributed by atoms with E-state index in [1.165, 1.54) is 24.8 Å². The van der Waals surface area contributed by atoms with Gasteiger partial charge in [-0.3, -0.25) is 0 Å². The minimum atomic E-state index is 0.901. The maximum absolute atomic E-state index is 4.52. The van der Waals surface area contributed by atoms with E-state index in [0.717, 1.165) is 31.4 Å². The van der Waals surface area contributed by atoms with Crippen LogP contribution < -0.4 is 10.2 Å². The fourth-order valence-corrected chi connectivity index (χ4v) is 2.09. The highest BCUT2D eigenvalue weighted by atomic mass is 15.2. The molecule has 0 atom stereocenters. The summed E-state index contributed by atoms with van der Waals surface area (Å²) in [5.74, 6) is 2.04. The first-order valence-corrected chi connectivity index (χ1v) is 6.67. The van der Waals surface area contributed by atoms with Gasteiger partial charge in [-0.05, 0) is 37.8 Å². The average molecular weight is 233 g/mol. The van der Waals surface area contributed by atoms with Gasteiger partial charge >= 0.3 is 0 Å². The van der Waals surface area contributed by atoms with E-state index in [1.54, 1.807) is 0 Å². The molecule has 1 aliphatic carbocycles. The highest BCUT2D eigenvalue weighted by Gasteiger charge is 2.23. The van der Waals surface area contributed by atoms with E-state index >= 15 is 0 Å². The van der Waals surface area contributed by atoms with Crippen molar-refractivity contribution in [1.82, 2.24) is 10.3 Å². The molecule has 0 bridgehead atoms. The van der Waals surface area contributed by atoms with Gasteiger partial charge in [0, 0.05) is 31.9 Å². The molecule has 0 aromatic carbocycles. The molecule has 3 heteroatoms. The number of hydrogen-bond donors (Lipinski definition) is 1. The molecule has 1 aliphatic rings. The van der Waals surface area contributed by atoms with E-state index in [9.17, 15) is 0 Å². The Labute approximate surface area is 104 Å². The maximum atomic E-state index is 4.52. The third kappa shape index (κ3) is 3.70. The lowest BCUT2D eigenvalue weighted by molar-refractivity contribution is 0.669. The molecule has 1 N–H and O–H groups in total. The summed E-state index contributed by atoms with van der Waals surface area (Å²) in [5, 5.41) is 3.45. The monoisotopic (exact) mass is 233 g/mol. The van der Waals surface area contributed by atoms with Crippen LogP contribution in [0, 0.1) is 5.92 Å². The molecule has 0 radical (unpaired) electrons. The molecular weight excluding hydrogens is 210 g/mol. The lowest BCUT2D eigenvalue weighted by atomic mass is 10.2. The second-order valence-electron chi connectivity index (χ2n) is 4.99. The van der Waals surface area contributed by atoms with Gasteiger partial charge in [-0.15, -0.1) is 0 Å². The molecule has 17 heavy (non-hydrogen) atoms. The molecule has 1 aromatic heterocycles. The number of aromatic nitrogens is 1.